The Balaban J connectivity index is 0. The molecule has 0 radical (unpaired) electrons. The van der Waals surface area contributed by atoms with Crippen molar-refractivity contribution in [2.24, 2.45) is 0 Å². The van der Waals surface area contributed by atoms with Crippen LogP contribution >= 0.6 is 0 Å². The quantitative estimate of drug-likeness (QED) is 0.604. The van der Waals surface area contributed by atoms with E-state index in [0.717, 1.165) is 13.1 Å². The number of ether oxygens (including phenoxy) is 1. The maximum absolute atomic E-state index is 10.7. The zero-order valence-corrected chi connectivity index (χ0v) is 10.3. The third kappa shape index (κ3) is 9.52. The van der Waals surface area contributed by atoms with Gasteiger partial charge in [-0.15, -0.1) is 0 Å². The number of piperidine rings is 1. The molecule has 1 saturated heterocycles. The summed E-state index contributed by atoms with van der Waals surface area (Å²) in [5.74, 6) is 0.231. The minimum atomic E-state index is 0.231. The van der Waals surface area contributed by atoms with Crippen LogP contribution in [0.3, 0.4) is 0 Å². The van der Waals surface area contributed by atoms with Gasteiger partial charge in [0.15, 0.2) is 0 Å². The van der Waals surface area contributed by atoms with Crippen molar-refractivity contribution < 1.29 is 9.53 Å². The Bertz CT molecular complexity index is 120. The van der Waals surface area contributed by atoms with Gasteiger partial charge in [-0.1, -0.05) is 13.8 Å². The fourth-order valence-electron chi connectivity index (χ4n) is 1.21. The molecule has 1 aliphatic rings. The van der Waals surface area contributed by atoms with Crippen molar-refractivity contribution in [2.45, 2.75) is 40.0 Å². The topological polar surface area (TPSA) is 29.5 Å². The summed E-state index contributed by atoms with van der Waals surface area (Å²) in [6, 6.07) is 0. The highest BCUT2D eigenvalue weighted by Gasteiger charge is 2.10. The van der Waals surface area contributed by atoms with Gasteiger partial charge in [-0.3, -0.25) is 4.79 Å². The van der Waals surface area contributed by atoms with E-state index in [0.29, 0.717) is 0 Å². The lowest BCUT2D eigenvalue weighted by Gasteiger charge is -2.24. The molecule has 0 aliphatic carbocycles. The molecule has 0 atom stereocenters. The van der Waals surface area contributed by atoms with E-state index in [9.17, 15) is 4.79 Å². The van der Waals surface area contributed by atoms with Gasteiger partial charge < -0.3 is 9.64 Å². The predicted molar refractivity (Wildman–Crippen MR) is 60.4 cm³/mol. The summed E-state index contributed by atoms with van der Waals surface area (Å²) in [7, 11) is 3.25. The van der Waals surface area contributed by atoms with Crippen molar-refractivity contribution in [3.05, 3.63) is 0 Å². The van der Waals surface area contributed by atoms with Crippen LogP contribution in [0.5, 0.6) is 0 Å². The number of hydrogen-bond acceptors (Lipinski definition) is 2. The summed E-state index contributed by atoms with van der Waals surface area (Å²) < 4.78 is 4.25. The monoisotopic (exact) mass is 203 g/mol. The van der Waals surface area contributed by atoms with E-state index in [1.165, 1.54) is 19.3 Å². The minimum absolute atomic E-state index is 0.231. The van der Waals surface area contributed by atoms with Crippen molar-refractivity contribution in [3.63, 3.8) is 0 Å². The number of likely N-dealkylation sites (tertiary alicyclic amines) is 1. The summed E-state index contributed by atoms with van der Waals surface area (Å²) in [4.78, 5) is 12.6. The van der Waals surface area contributed by atoms with Crippen LogP contribution in [0.1, 0.15) is 40.0 Å². The van der Waals surface area contributed by atoms with Crippen LogP contribution in [0.2, 0.25) is 0 Å². The third-order valence-electron chi connectivity index (χ3n) is 1.80. The molecule has 0 bridgehead atoms. The van der Waals surface area contributed by atoms with Crippen LogP contribution in [-0.2, 0) is 9.53 Å². The standard InChI is InChI=1S/C7H13NO.C2H6O.C2H6/c1-7(9)8-5-3-2-4-6-8;1-3-2;1-2/h2-6H2,1H3;1-2H3;1-2H3. The zero-order chi connectivity index (χ0) is 11.4. The largest absolute Gasteiger partial charge is 0.388 e. The summed E-state index contributed by atoms with van der Waals surface area (Å²) in [6.07, 6.45) is 3.68. The van der Waals surface area contributed by atoms with Crippen LogP contribution in [0, 0.1) is 0 Å². The van der Waals surface area contributed by atoms with Crippen molar-refractivity contribution in [1.82, 2.24) is 4.90 Å². The van der Waals surface area contributed by atoms with E-state index >= 15 is 0 Å². The van der Waals surface area contributed by atoms with E-state index in [1.807, 2.05) is 18.7 Å². The number of rotatable bonds is 0. The van der Waals surface area contributed by atoms with Crippen LogP contribution in [0.4, 0.5) is 0 Å². The molecule has 1 heterocycles. The first-order valence-electron chi connectivity index (χ1n) is 5.38. The Kier molecular flexibility index (Phi) is 14.1. The molecule has 0 N–H and O–H groups in total. The first kappa shape index (κ1) is 15.9. The van der Waals surface area contributed by atoms with Crippen LogP contribution in [-0.4, -0.2) is 38.1 Å². The molecule has 3 nitrogen and oxygen atoms in total. The smallest absolute Gasteiger partial charge is 0.219 e. The van der Waals surface area contributed by atoms with E-state index in [4.69, 9.17) is 0 Å². The van der Waals surface area contributed by atoms with Gasteiger partial charge in [0.05, 0.1) is 0 Å². The fraction of sp³-hybridized carbons (Fsp3) is 0.909. The number of nitrogens with zero attached hydrogens (tertiary/aromatic N) is 1. The second-order valence-corrected chi connectivity index (χ2v) is 2.97. The van der Waals surface area contributed by atoms with Gasteiger partial charge in [0.1, 0.15) is 0 Å². The SMILES string of the molecule is CC.CC(=O)N1CCCCC1.COC. The Morgan fingerprint density at radius 1 is 1.07 bits per heavy atom. The fourth-order valence-corrected chi connectivity index (χ4v) is 1.21. The van der Waals surface area contributed by atoms with Gasteiger partial charge in [-0.05, 0) is 19.3 Å². The Morgan fingerprint density at radius 2 is 1.43 bits per heavy atom. The molecule has 14 heavy (non-hydrogen) atoms. The highest BCUT2D eigenvalue weighted by molar-refractivity contribution is 5.73. The molecular formula is C11H25NO2. The number of carbonyl (C=O) groups excluding carboxylic acids is 1. The third-order valence-corrected chi connectivity index (χ3v) is 1.80. The van der Waals surface area contributed by atoms with Crippen LogP contribution < -0.4 is 0 Å². The maximum atomic E-state index is 10.7. The zero-order valence-electron chi connectivity index (χ0n) is 10.3. The lowest BCUT2D eigenvalue weighted by molar-refractivity contribution is -0.129. The average Bonchev–Trinajstić information content (AvgIpc) is 2.23. The Morgan fingerprint density at radius 3 is 1.64 bits per heavy atom. The van der Waals surface area contributed by atoms with Gasteiger partial charge in [0.2, 0.25) is 5.91 Å². The summed E-state index contributed by atoms with van der Waals surface area (Å²) in [5.41, 5.74) is 0. The summed E-state index contributed by atoms with van der Waals surface area (Å²) in [5, 5.41) is 0. The molecule has 1 fully saturated rings. The second kappa shape index (κ2) is 12.4. The minimum Gasteiger partial charge on any atom is -0.388 e. The van der Waals surface area contributed by atoms with E-state index < -0.39 is 0 Å². The van der Waals surface area contributed by atoms with E-state index in [1.54, 1.807) is 21.1 Å². The summed E-state index contributed by atoms with van der Waals surface area (Å²) >= 11 is 0. The molecule has 3 heteroatoms. The van der Waals surface area contributed by atoms with Crippen molar-refractivity contribution in [2.75, 3.05) is 27.3 Å². The van der Waals surface area contributed by atoms with Crippen LogP contribution in [0.15, 0.2) is 0 Å². The predicted octanol–water partition coefficient (Wildman–Crippen LogP) is 2.31. The van der Waals surface area contributed by atoms with Crippen molar-refractivity contribution in [1.29, 1.82) is 0 Å². The highest BCUT2D eigenvalue weighted by atomic mass is 16.4. The lowest BCUT2D eigenvalue weighted by Crippen LogP contribution is -2.33. The molecule has 0 aromatic carbocycles. The maximum Gasteiger partial charge on any atom is 0.219 e. The number of methoxy groups -OCH3 is 1. The summed E-state index contributed by atoms with van der Waals surface area (Å²) in [6.45, 7) is 7.61. The molecule has 1 rings (SSSR count). The Hall–Kier alpha value is -0.570. The molecule has 0 saturated carbocycles. The first-order valence-corrected chi connectivity index (χ1v) is 5.38. The molecule has 0 aromatic rings. The number of amides is 1. The second-order valence-electron chi connectivity index (χ2n) is 2.97. The molecule has 0 spiro atoms. The molecule has 1 amide bonds. The van der Waals surface area contributed by atoms with Gasteiger partial charge in [-0.25, -0.2) is 0 Å². The lowest BCUT2D eigenvalue weighted by atomic mass is 10.1. The number of carbonyl (C=O) groups is 1. The Labute approximate surface area is 88.4 Å². The highest BCUT2D eigenvalue weighted by Crippen LogP contribution is 2.07. The van der Waals surface area contributed by atoms with Crippen LogP contribution in [0.25, 0.3) is 0 Å². The molecule has 0 aromatic heterocycles. The van der Waals surface area contributed by atoms with Gasteiger partial charge in [0.25, 0.3) is 0 Å². The number of hydrogen-bond donors (Lipinski definition) is 0. The normalized spacial score (nSPS) is 14.5. The van der Waals surface area contributed by atoms with Crippen molar-refractivity contribution in [3.8, 4) is 0 Å². The molecule has 0 unspecified atom stereocenters. The average molecular weight is 203 g/mol. The van der Waals surface area contributed by atoms with Crippen molar-refractivity contribution >= 4 is 5.91 Å². The first-order chi connectivity index (χ1) is 6.72. The molecule has 1 aliphatic heterocycles. The van der Waals surface area contributed by atoms with Gasteiger partial charge >= 0.3 is 0 Å². The van der Waals surface area contributed by atoms with E-state index in [-0.39, 0.29) is 5.91 Å². The van der Waals surface area contributed by atoms with Gasteiger partial charge in [-0.2, -0.15) is 0 Å². The van der Waals surface area contributed by atoms with E-state index in [2.05, 4.69) is 4.74 Å². The molecule has 86 valence electrons. The molecular weight excluding hydrogens is 178 g/mol. The van der Waals surface area contributed by atoms with Gasteiger partial charge in [0, 0.05) is 34.2 Å².